The van der Waals surface area contributed by atoms with Gasteiger partial charge in [-0.3, -0.25) is 0 Å². The van der Waals surface area contributed by atoms with Crippen molar-refractivity contribution < 1.29 is 10.2 Å². The van der Waals surface area contributed by atoms with E-state index in [1.54, 1.807) is 6.07 Å². The predicted octanol–water partition coefficient (Wildman–Crippen LogP) is 3.62. The Bertz CT molecular complexity index is 409. The van der Waals surface area contributed by atoms with Crippen molar-refractivity contribution in [2.75, 3.05) is 0 Å². The molecule has 0 bridgehead atoms. The van der Waals surface area contributed by atoms with Gasteiger partial charge in [0, 0.05) is 17.5 Å². The van der Waals surface area contributed by atoms with Gasteiger partial charge in [-0.25, -0.2) is 0 Å². The second-order valence-corrected chi connectivity index (χ2v) is 4.71. The first-order chi connectivity index (χ1) is 7.58. The Hall–Kier alpha value is -1.44. The molecule has 1 atom stereocenters. The minimum atomic E-state index is 0.135. The number of phenols is 2. The molecule has 2 heteroatoms. The molecule has 2 N–H and O–H groups in total. The van der Waals surface area contributed by atoms with Crippen molar-refractivity contribution >= 4 is 0 Å². The molecular weight excluding hydrogens is 200 g/mol. The first-order valence-corrected chi connectivity index (χ1v) is 5.77. The average molecular weight is 218 g/mol. The number of allylic oxidation sites excluding steroid dienone is 2. The zero-order valence-electron chi connectivity index (χ0n) is 9.83. The van der Waals surface area contributed by atoms with E-state index < -0.39 is 0 Å². The summed E-state index contributed by atoms with van der Waals surface area (Å²) >= 11 is 0. The molecule has 0 saturated heterocycles. The zero-order valence-corrected chi connectivity index (χ0v) is 9.83. The molecule has 0 saturated carbocycles. The second-order valence-electron chi connectivity index (χ2n) is 4.71. The first-order valence-electron chi connectivity index (χ1n) is 5.77. The maximum atomic E-state index is 9.92. The van der Waals surface area contributed by atoms with Crippen molar-refractivity contribution in [2.24, 2.45) is 0 Å². The van der Waals surface area contributed by atoms with Crippen LogP contribution in [0.3, 0.4) is 0 Å². The number of hydrogen-bond donors (Lipinski definition) is 2. The molecule has 0 fully saturated rings. The highest BCUT2D eigenvalue weighted by atomic mass is 16.3. The van der Waals surface area contributed by atoms with Gasteiger partial charge in [0.2, 0.25) is 0 Å². The molecule has 16 heavy (non-hydrogen) atoms. The van der Waals surface area contributed by atoms with Gasteiger partial charge in [0.25, 0.3) is 0 Å². The number of hydrogen-bond acceptors (Lipinski definition) is 2. The fourth-order valence-corrected chi connectivity index (χ4v) is 2.58. The third-order valence-electron chi connectivity index (χ3n) is 3.29. The zero-order chi connectivity index (χ0) is 11.7. The molecule has 0 spiro atoms. The molecule has 1 aliphatic rings. The molecule has 1 aromatic rings. The van der Waals surface area contributed by atoms with Gasteiger partial charge in [0.05, 0.1) is 0 Å². The fraction of sp³-hybridized carbons (Fsp3) is 0.429. The Balaban J connectivity index is 2.44. The smallest absolute Gasteiger partial charge is 0.123 e. The molecule has 0 amide bonds. The standard InChI is InChI=1S/C14H18O2/c1-9-4-3-5-11(6-9)14-10(2)7-12(15)8-13(14)16/h6-8,11,15-16H,3-5H2,1-2H3/t11-/m0/s1. The van der Waals surface area contributed by atoms with E-state index >= 15 is 0 Å². The summed E-state index contributed by atoms with van der Waals surface area (Å²) in [5.74, 6) is 0.651. The minimum absolute atomic E-state index is 0.135. The third kappa shape index (κ3) is 2.06. The van der Waals surface area contributed by atoms with Crippen molar-refractivity contribution in [3.05, 3.63) is 34.9 Å². The molecule has 0 unspecified atom stereocenters. The Labute approximate surface area is 96.2 Å². The van der Waals surface area contributed by atoms with Crippen LogP contribution < -0.4 is 0 Å². The van der Waals surface area contributed by atoms with E-state index in [9.17, 15) is 10.2 Å². The summed E-state index contributed by atoms with van der Waals surface area (Å²) in [6.07, 6.45) is 5.65. The summed E-state index contributed by atoms with van der Waals surface area (Å²) in [4.78, 5) is 0. The number of phenolic OH excluding ortho intramolecular Hbond substituents is 2. The summed E-state index contributed by atoms with van der Waals surface area (Å²) in [5, 5.41) is 19.3. The monoisotopic (exact) mass is 218 g/mol. The van der Waals surface area contributed by atoms with Crippen LogP contribution in [0.1, 0.15) is 43.2 Å². The van der Waals surface area contributed by atoms with E-state index in [1.165, 1.54) is 18.1 Å². The van der Waals surface area contributed by atoms with Gasteiger partial charge in [0.1, 0.15) is 11.5 Å². The van der Waals surface area contributed by atoms with Crippen LogP contribution in [0.5, 0.6) is 11.5 Å². The van der Waals surface area contributed by atoms with Crippen LogP contribution in [-0.2, 0) is 0 Å². The molecule has 0 aliphatic heterocycles. The molecule has 86 valence electrons. The normalized spacial score (nSPS) is 20.6. The quantitative estimate of drug-likeness (QED) is 0.707. The molecule has 0 radical (unpaired) electrons. The third-order valence-corrected chi connectivity index (χ3v) is 3.29. The Morgan fingerprint density at radius 3 is 2.56 bits per heavy atom. The highest BCUT2D eigenvalue weighted by Crippen LogP contribution is 2.39. The Morgan fingerprint density at radius 2 is 1.94 bits per heavy atom. The van der Waals surface area contributed by atoms with Crippen LogP contribution in [0, 0.1) is 6.92 Å². The van der Waals surface area contributed by atoms with E-state index in [0.29, 0.717) is 5.92 Å². The summed E-state index contributed by atoms with van der Waals surface area (Å²) in [5.41, 5.74) is 3.33. The van der Waals surface area contributed by atoms with E-state index in [-0.39, 0.29) is 11.5 Å². The molecule has 1 aromatic carbocycles. The van der Waals surface area contributed by atoms with Crippen LogP contribution >= 0.6 is 0 Å². The summed E-state index contributed by atoms with van der Waals surface area (Å²) in [6, 6.07) is 3.15. The van der Waals surface area contributed by atoms with Gasteiger partial charge in [-0.2, -0.15) is 0 Å². The molecule has 2 rings (SSSR count). The van der Waals surface area contributed by atoms with Gasteiger partial charge in [-0.05, 0) is 44.7 Å². The SMILES string of the molecule is CC1=C[C@@H](c2c(C)cc(O)cc2O)CCC1. The van der Waals surface area contributed by atoms with Crippen LogP contribution in [0.25, 0.3) is 0 Å². The van der Waals surface area contributed by atoms with Crippen molar-refractivity contribution in [1.29, 1.82) is 0 Å². The molecule has 1 aliphatic carbocycles. The largest absolute Gasteiger partial charge is 0.508 e. The van der Waals surface area contributed by atoms with E-state index in [4.69, 9.17) is 0 Å². The van der Waals surface area contributed by atoms with E-state index in [2.05, 4.69) is 13.0 Å². The summed E-state index contributed by atoms with van der Waals surface area (Å²) in [7, 11) is 0. The van der Waals surface area contributed by atoms with Gasteiger partial charge >= 0.3 is 0 Å². The number of benzene rings is 1. The molecule has 2 nitrogen and oxygen atoms in total. The maximum absolute atomic E-state index is 9.92. The van der Waals surface area contributed by atoms with Gasteiger partial charge in [-0.1, -0.05) is 11.6 Å². The van der Waals surface area contributed by atoms with Crippen molar-refractivity contribution in [3.8, 4) is 11.5 Å². The second kappa shape index (κ2) is 4.20. The van der Waals surface area contributed by atoms with Crippen LogP contribution in [0.2, 0.25) is 0 Å². The van der Waals surface area contributed by atoms with Crippen molar-refractivity contribution in [2.45, 2.75) is 39.0 Å². The Kier molecular flexibility index (Phi) is 2.90. The lowest BCUT2D eigenvalue weighted by molar-refractivity contribution is 0.440. The maximum Gasteiger partial charge on any atom is 0.123 e. The van der Waals surface area contributed by atoms with Gasteiger partial charge < -0.3 is 10.2 Å². The summed E-state index contributed by atoms with van der Waals surface area (Å²) in [6.45, 7) is 4.07. The Morgan fingerprint density at radius 1 is 1.19 bits per heavy atom. The topological polar surface area (TPSA) is 40.5 Å². The first kappa shape index (κ1) is 11.1. The van der Waals surface area contributed by atoms with Gasteiger partial charge in [0.15, 0.2) is 0 Å². The van der Waals surface area contributed by atoms with E-state index in [1.807, 2.05) is 6.92 Å². The van der Waals surface area contributed by atoms with Crippen molar-refractivity contribution in [3.63, 3.8) is 0 Å². The number of aryl methyl sites for hydroxylation is 1. The highest BCUT2D eigenvalue weighted by molar-refractivity contribution is 5.48. The lowest BCUT2D eigenvalue weighted by Gasteiger charge is -2.22. The van der Waals surface area contributed by atoms with Gasteiger partial charge in [-0.15, -0.1) is 0 Å². The average Bonchev–Trinajstić information content (AvgIpc) is 2.15. The minimum Gasteiger partial charge on any atom is -0.508 e. The lowest BCUT2D eigenvalue weighted by atomic mass is 9.83. The number of aromatic hydroxyl groups is 2. The summed E-state index contributed by atoms with van der Waals surface area (Å²) < 4.78 is 0. The predicted molar refractivity (Wildman–Crippen MR) is 64.9 cm³/mol. The molecule has 0 heterocycles. The van der Waals surface area contributed by atoms with Crippen LogP contribution in [0.4, 0.5) is 0 Å². The van der Waals surface area contributed by atoms with Crippen LogP contribution in [-0.4, -0.2) is 10.2 Å². The molecule has 0 aromatic heterocycles. The van der Waals surface area contributed by atoms with Crippen LogP contribution in [0.15, 0.2) is 23.8 Å². The fourth-order valence-electron chi connectivity index (χ4n) is 2.58. The number of rotatable bonds is 1. The van der Waals surface area contributed by atoms with E-state index in [0.717, 1.165) is 24.0 Å². The van der Waals surface area contributed by atoms with Crippen molar-refractivity contribution in [1.82, 2.24) is 0 Å². The highest BCUT2D eigenvalue weighted by Gasteiger charge is 2.19. The molecular formula is C14H18O2. The lowest BCUT2D eigenvalue weighted by Crippen LogP contribution is -2.04.